The third kappa shape index (κ3) is 4.07. The zero-order valence-corrected chi connectivity index (χ0v) is 14.8. The van der Waals surface area contributed by atoms with Gasteiger partial charge in [0.05, 0.1) is 6.54 Å². The summed E-state index contributed by atoms with van der Waals surface area (Å²) >= 11 is 0. The molecule has 0 spiro atoms. The van der Waals surface area contributed by atoms with Crippen molar-refractivity contribution in [2.24, 2.45) is 4.99 Å². The summed E-state index contributed by atoms with van der Waals surface area (Å²) in [6.45, 7) is 9.81. The molecule has 1 saturated heterocycles. The molecule has 2 N–H and O–H groups in total. The van der Waals surface area contributed by atoms with Crippen LogP contribution in [0.1, 0.15) is 25.3 Å². The van der Waals surface area contributed by atoms with Crippen LogP contribution in [-0.2, 0) is 10.2 Å². The van der Waals surface area contributed by atoms with Crippen molar-refractivity contribution in [1.29, 1.82) is 0 Å². The molecule has 1 aromatic carbocycles. The van der Waals surface area contributed by atoms with Crippen molar-refractivity contribution in [3.8, 4) is 11.5 Å². The van der Waals surface area contributed by atoms with E-state index in [1.165, 1.54) is 5.56 Å². The lowest BCUT2D eigenvalue weighted by molar-refractivity contribution is 0.0530. The second kappa shape index (κ2) is 8.25. The summed E-state index contributed by atoms with van der Waals surface area (Å²) in [4.78, 5) is 4.84. The van der Waals surface area contributed by atoms with Gasteiger partial charge < -0.3 is 24.8 Å². The van der Waals surface area contributed by atoms with Gasteiger partial charge in [-0.2, -0.15) is 0 Å². The molecule has 2 aliphatic heterocycles. The van der Waals surface area contributed by atoms with E-state index in [1.807, 2.05) is 12.1 Å². The first-order valence-electron chi connectivity index (χ1n) is 8.88. The lowest BCUT2D eigenvalue weighted by Gasteiger charge is -2.36. The van der Waals surface area contributed by atoms with Crippen LogP contribution in [-0.4, -0.2) is 45.6 Å². The Labute approximate surface area is 149 Å². The van der Waals surface area contributed by atoms with E-state index in [0.717, 1.165) is 50.1 Å². The molecule has 1 fully saturated rings. The largest absolute Gasteiger partial charge is 0.454 e. The van der Waals surface area contributed by atoms with E-state index in [0.29, 0.717) is 19.9 Å². The van der Waals surface area contributed by atoms with Gasteiger partial charge in [0.15, 0.2) is 17.5 Å². The maximum atomic E-state index is 5.61. The van der Waals surface area contributed by atoms with Crippen molar-refractivity contribution in [2.45, 2.75) is 25.2 Å². The summed E-state index contributed by atoms with van der Waals surface area (Å²) in [5.41, 5.74) is 1.19. The molecule has 0 atom stereocenters. The number of nitrogens with one attached hydrogen (secondary N) is 2. The summed E-state index contributed by atoms with van der Waals surface area (Å²) in [5.74, 6) is 2.45. The van der Waals surface area contributed by atoms with E-state index in [-0.39, 0.29) is 5.41 Å². The van der Waals surface area contributed by atoms with E-state index in [1.54, 1.807) is 0 Å². The van der Waals surface area contributed by atoms with Gasteiger partial charge in [0.1, 0.15) is 0 Å². The Bertz CT molecular complexity index is 624. The number of hydrogen-bond acceptors (Lipinski definition) is 4. The van der Waals surface area contributed by atoms with Gasteiger partial charge in [-0.15, -0.1) is 6.58 Å². The van der Waals surface area contributed by atoms with Gasteiger partial charge in [-0.05, 0) is 37.5 Å². The zero-order valence-electron chi connectivity index (χ0n) is 14.8. The first kappa shape index (κ1) is 17.6. The maximum Gasteiger partial charge on any atom is 0.231 e. The van der Waals surface area contributed by atoms with Gasteiger partial charge in [0.2, 0.25) is 6.79 Å². The van der Waals surface area contributed by atoms with Crippen molar-refractivity contribution in [3.05, 3.63) is 36.4 Å². The van der Waals surface area contributed by atoms with E-state index < -0.39 is 0 Å². The van der Waals surface area contributed by atoms with Crippen LogP contribution < -0.4 is 20.1 Å². The molecule has 0 radical (unpaired) electrons. The maximum absolute atomic E-state index is 5.61. The number of ether oxygens (including phenoxy) is 3. The van der Waals surface area contributed by atoms with Crippen LogP contribution in [0.3, 0.4) is 0 Å². The highest BCUT2D eigenvalue weighted by Crippen LogP contribution is 2.41. The minimum atomic E-state index is -0.0459. The van der Waals surface area contributed by atoms with Crippen molar-refractivity contribution in [2.75, 3.05) is 39.6 Å². The highest BCUT2D eigenvalue weighted by molar-refractivity contribution is 5.80. The first-order chi connectivity index (χ1) is 12.3. The van der Waals surface area contributed by atoms with Crippen LogP contribution >= 0.6 is 0 Å². The number of fused-ring (bicyclic) bond motifs is 1. The molecule has 6 nitrogen and oxygen atoms in total. The van der Waals surface area contributed by atoms with E-state index >= 15 is 0 Å². The summed E-state index contributed by atoms with van der Waals surface area (Å²) < 4.78 is 16.6. The fourth-order valence-electron chi connectivity index (χ4n) is 3.27. The number of aliphatic imine (C=N–C) groups is 1. The van der Waals surface area contributed by atoms with E-state index in [2.05, 4.69) is 36.3 Å². The molecule has 2 heterocycles. The predicted molar refractivity (Wildman–Crippen MR) is 98.5 cm³/mol. The number of hydrogen-bond donors (Lipinski definition) is 2. The van der Waals surface area contributed by atoms with Crippen LogP contribution in [0.2, 0.25) is 0 Å². The topological polar surface area (TPSA) is 64.1 Å². The van der Waals surface area contributed by atoms with Crippen LogP contribution in [0.15, 0.2) is 35.8 Å². The molecule has 25 heavy (non-hydrogen) atoms. The van der Waals surface area contributed by atoms with Crippen LogP contribution in [0.4, 0.5) is 0 Å². The standard InChI is InChI=1S/C19H27N3O3/c1-3-9-21-18(20-4-2)22-13-19(7-10-23-11-8-19)15-5-6-16-17(12-15)25-14-24-16/h3,5-6,12H,1,4,7-11,13-14H2,2H3,(H2,20,21,22). The Kier molecular flexibility index (Phi) is 5.81. The SMILES string of the molecule is C=CCNC(=NCC1(c2ccc3c(c2)OCO3)CCOCC1)NCC. The van der Waals surface area contributed by atoms with Crippen molar-refractivity contribution in [1.82, 2.24) is 10.6 Å². The summed E-state index contributed by atoms with van der Waals surface area (Å²) in [6.07, 6.45) is 3.71. The molecule has 0 unspecified atom stereocenters. The Morgan fingerprint density at radius 2 is 2.04 bits per heavy atom. The minimum absolute atomic E-state index is 0.0459. The van der Waals surface area contributed by atoms with Crippen molar-refractivity contribution >= 4 is 5.96 Å². The highest BCUT2D eigenvalue weighted by atomic mass is 16.7. The quantitative estimate of drug-likeness (QED) is 0.470. The van der Waals surface area contributed by atoms with Gasteiger partial charge in [-0.3, -0.25) is 4.99 Å². The van der Waals surface area contributed by atoms with Crippen LogP contribution in [0.25, 0.3) is 0 Å². The van der Waals surface area contributed by atoms with Crippen molar-refractivity contribution in [3.63, 3.8) is 0 Å². The average Bonchev–Trinajstić information content (AvgIpc) is 3.12. The van der Waals surface area contributed by atoms with Gasteiger partial charge in [-0.25, -0.2) is 0 Å². The van der Waals surface area contributed by atoms with Crippen molar-refractivity contribution < 1.29 is 14.2 Å². The first-order valence-corrected chi connectivity index (χ1v) is 8.88. The van der Waals surface area contributed by atoms with Gasteiger partial charge in [0.25, 0.3) is 0 Å². The van der Waals surface area contributed by atoms with E-state index in [9.17, 15) is 0 Å². The second-order valence-corrected chi connectivity index (χ2v) is 6.33. The smallest absolute Gasteiger partial charge is 0.231 e. The normalized spacial score (nSPS) is 18.7. The number of benzene rings is 1. The van der Waals surface area contributed by atoms with Gasteiger partial charge in [0, 0.05) is 31.7 Å². The minimum Gasteiger partial charge on any atom is -0.454 e. The number of nitrogens with zero attached hydrogens (tertiary/aromatic N) is 1. The molecule has 0 bridgehead atoms. The molecule has 1 aromatic rings. The molecule has 0 aromatic heterocycles. The molecule has 2 aliphatic rings. The Morgan fingerprint density at radius 3 is 2.80 bits per heavy atom. The molecule has 136 valence electrons. The number of rotatable bonds is 6. The molecule has 3 rings (SSSR count). The lowest BCUT2D eigenvalue weighted by Crippen LogP contribution is -2.41. The monoisotopic (exact) mass is 345 g/mol. The van der Waals surface area contributed by atoms with Crippen LogP contribution in [0, 0.1) is 0 Å². The molecule has 0 saturated carbocycles. The third-order valence-corrected chi connectivity index (χ3v) is 4.73. The second-order valence-electron chi connectivity index (χ2n) is 6.33. The Hall–Kier alpha value is -2.21. The van der Waals surface area contributed by atoms with Crippen LogP contribution in [0.5, 0.6) is 11.5 Å². The third-order valence-electron chi connectivity index (χ3n) is 4.73. The predicted octanol–water partition coefficient (Wildman–Crippen LogP) is 2.20. The fourth-order valence-corrected chi connectivity index (χ4v) is 3.27. The highest BCUT2D eigenvalue weighted by Gasteiger charge is 2.35. The Morgan fingerprint density at radius 1 is 1.24 bits per heavy atom. The van der Waals surface area contributed by atoms with Gasteiger partial charge in [-0.1, -0.05) is 12.1 Å². The lowest BCUT2D eigenvalue weighted by atomic mass is 9.74. The molecular formula is C19H27N3O3. The van der Waals surface area contributed by atoms with Gasteiger partial charge >= 0.3 is 0 Å². The molecule has 6 heteroatoms. The zero-order chi connectivity index (χ0) is 17.5. The molecular weight excluding hydrogens is 318 g/mol. The van der Waals surface area contributed by atoms with E-state index in [4.69, 9.17) is 19.2 Å². The summed E-state index contributed by atoms with van der Waals surface area (Å²) in [7, 11) is 0. The molecule has 0 aliphatic carbocycles. The Balaban J connectivity index is 1.84. The summed E-state index contributed by atoms with van der Waals surface area (Å²) in [5, 5.41) is 6.55. The summed E-state index contributed by atoms with van der Waals surface area (Å²) in [6, 6.07) is 6.24. The average molecular weight is 345 g/mol. The molecule has 0 amide bonds. The number of guanidine groups is 1. The fraction of sp³-hybridized carbons (Fsp3) is 0.526.